The highest BCUT2D eigenvalue weighted by molar-refractivity contribution is 6.31. The fourth-order valence-corrected chi connectivity index (χ4v) is 3.77. The minimum Gasteiger partial charge on any atom is -0.375 e. The predicted molar refractivity (Wildman–Crippen MR) is 97.8 cm³/mol. The van der Waals surface area contributed by atoms with Gasteiger partial charge in [-0.25, -0.2) is 0 Å². The van der Waals surface area contributed by atoms with Crippen molar-refractivity contribution in [3.05, 3.63) is 63.7 Å². The van der Waals surface area contributed by atoms with Gasteiger partial charge in [-0.3, -0.25) is 9.59 Å². The summed E-state index contributed by atoms with van der Waals surface area (Å²) in [6.07, 6.45) is -0.234. The van der Waals surface area contributed by atoms with Crippen molar-refractivity contribution in [1.82, 2.24) is 0 Å². The van der Waals surface area contributed by atoms with Crippen LogP contribution in [0.4, 0.5) is 5.69 Å². The second kappa shape index (κ2) is 6.28. The van der Waals surface area contributed by atoms with Crippen LogP contribution in [0.3, 0.4) is 0 Å². The summed E-state index contributed by atoms with van der Waals surface area (Å²) < 4.78 is 0. The molecule has 1 N–H and O–H groups in total. The number of anilines is 1. The molecule has 2 aromatic carbocycles. The summed E-state index contributed by atoms with van der Waals surface area (Å²) in [6.45, 7) is 5.36. The van der Waals surface area contributed by atoms with Crippen LogP contribution in [0.1, 0.15) is 35.6 Å². The molecule has 1 aliphatic heterocycles. The molecule has 1 heterocycles. The monoisotopic (exact) mass is 357 g/mol. The van der Waals surface area contributed by atoms with Gasteiger partial charge in [0, 0.05) is 17.0 Å². The maximum atomic E-state index is 13.1. The van der Waals surface area contributed by atoms with Gasteiger partial charge in [-0.2, -0.15) is 0 Å². The predicted octanol–water partition coefficient (Wildman–Crippen LogP) is 3.67. The third kappa shape index (κ3) is 2.86. The highest BCUT2D eigenvalue weighted by Crippen LogP contribution is 2.46. The van der Waals surface area contributed by atoms with Crippen LogP contribution in [-0.4, -0.2) is 16.8 Å². The number of fused-ring (bicyclic) bond motifs is 1. The Balaban J connectivity index is 2.16. The van der Waals surface area contributed by atoms with Crippen molar-refractivity contribution in [2.24, 2.45) is 0 Å². The van der Waals surface area contributed by atoms with Crippen LogP contribution >= 0.6 is 11.6 Å². The molecule has 130 valence electrons. The SMILES string of the molecule is CC(=O)C[C@]1(O)C(=O)N(Cc2ccccc2Cl)c2c(C)ccc(C)c21. The molecule has 4 nitrogen and oxygen atoms in total. The van der Waals surface area contributed by atoms with E-state index in [0.717, 1.165) is 16.7 Å². The van der Waals surface area contributed by atoms with E-state index in [4.69, 9.17) is 11.6 Å². The van der Waals surface area contributed by atoms with E-state index in [1.54, 1.807) is 11.0 Å². The maximum Gasteiger partial charge on any atom is 0.264 e. The van der Waals surface area contributed by atoms with Crippen molar-refractivity contribution in [2.45, 2.75) is 39.3 Å². The Kier molecular flexibility index (Phi) is 4.43. The smallest absolute Gasteiger partial charge is 0.264 e. The lowest BCUT2D eigenvalue weighted by atomic mass is 9.86. The van der Waals surface area contributed by atoms with Crippen molar-refractivity contribution in [3.63, 3.8) is 0 Å². The Hall–Kier alpha value is -2.17. The summed E-state index contributed by atoms with van der Waals surface area (Å²) in [5.74, 6) is -0.711. The Morgan fingerprint density at radius 2 is 1.80 bits per heavy atom. The number of benzene rings is 2. The van der Waals surface area contributed by atoms with Gasteiger partial charge in [0.15, 0.2) is 5.60 Å². The quantitative estimate of drug-likeness (QED) is 0.908. The molecule has 1 aliphatic rings. The average Bonchev–Trinajstić information content (AvgIpc) is 2.75. The molecule has 0 radical (unpaired) electrons. The van der Waals surface area contributed by atoms with Gasteiger partial charge in [0.1, 0.15) is 5.78 Å². The lowest BCUT2D eigenvalue weighted by molar-refractivity contribution is -0.141. The summed E-state index contributed by atoms with van der Waals surface area (Å²) in [4.78, 5) is 26.4. The number of rotatable bonds is 4. The highest BCUT2D eigenvalue weighted by Gasteiger charge is 2.51. The highest BCUT2D eigenvalue weighted by atomic mass is 35.5. The first-order valence-corrected chi connectivity index (χ1v) is 8.51. The Bertz CT molecular complexity index is 877. The van der Waals surface area contributed by atoms with Crippen LogP contribution in [0.2, 0.25) is 5.02 Å². The number of carbonyl (C=O) groups is 2. The van der Waals surface area contributed by atoms with Gasteiger partial charge in [-0.15, -0.1) is 0 Å². The number of nitrogens with zero attached hydrogens (tertiary/aromatic N) is 1. The first-order valence-electron chi connectivity index (χ1n) is 8.13. The summed E-state index contributed by atoms with van der Waals surface area (Å²) >= 11 is 6.25. The molecule has 0 aliphatic carbocycles. The van der Waals surface area contributed by atoms with Gasteiger partial charge in [0.25, 0.3) is 5.91 Å². The van der Waals surface area contributed by atoms with E-state index < -0.39 is 11.5 Å². The van der Waals surface area contributed by atoms with Crippen molar-refractivity contribution < 1.29 is 14.7 Å². The van der Waals surface area contributed by atoms with E-state index in [9.17, 15) is 14.7 Å². The van der Waals surface area contributed by atoms with E-state index in [1.807, 2.05) is 44.2 Å². The molecule has 0 fully saturated rings. The number of Topliss-reactive ketones (excluding diaryl/α,β-unsaturated/α-hetero) is 1. The van der Waals surface area contributed by atoms with Crippen LogP contribution in [0.25, 0.3) is 0 Å². The van der Waals surface area contributed by atoms with E-state index in [2.05, 4.69) is 0 Å². The van der Waals surface area contributed by atoms with Gasteiger partial charge < -0.3 is 10.0 Å². The first kappa shape index (κ1) is 17.6. The molecule has 3 rings (SSSR count). The fourth-order valence-electron chi connectivity index (χ4n) is 3.57. The van der Waals surface area contributed by atoms with Crippen LogP contribution in [0.5, 0.6) is 0 Å². The molecule has 0 spiro atoms. The number of amides is 1. The molecule has 5 heteroatoms. The largest absolute Gasteiger partial charge is 0.375 e. The maximum absolute atomic E-state index is 13.1. The number of aliphatic hydroxyl groups is 1. The van der Waals surface area contributed by atoms with Gasteiger partial charge in [-0.1, -0.05) is 41.9 Å². The van der Waals surface area contributed by atoms with Gasteiger partial charge in [0.2, 0.25) is 0 Å². The standard InChI is InChI=1S/C20H20ClNO3/c1-12-8-9-13(2)18-17(12)20(25,10-14(3)23)19(24)22(18)11-15-6-4-5-7-16(15)21/h4-9,25H,10-11H2,1-3H3/t20-/m1/s1. The van der Waals surface area contributed by atoms with E-state index in [-0.39, 0.29) is 18.7 Å². The fraction of sp³-hybridized carbons (Fsp3) is 0.300. The minimum atomic E-state index is -1.82. The third-order valence-electron chi connectivity index (χ3n) is 4.66. The molecule has 2 aromatic rings. The normalized spacial score (nSPS) is 19.2. The number of aryl methyl sites for hydroxylation is 2. The molecule has 1 atom stereocenters. The molecule has 0 saturated carbocycles. The third-order valence-corrected chi connectivity index (χ3v) is 5.03. The molecule has 0 saturated heterocycles. The second-order valence-electron chi connectivity index (χ2n) is 6.64. The second-order valence-corrected chi connectivity index (χ2v) is 7.05. The number of carbonyl (C=O) groups excluding carboxylic acids is 2. The van der Waals surface area contributed by atoms with Gasteiger partial charge >= 0.3 is 0 Å². The van der Waals surface area contributed by atoms with E-state index >= 15 is 0 Å². The van der Waals surface area contributed by atoms with Crippen LogP contribution < -0.4 is 4.90 Å². The number of hydrogen-bond donors (Lipinski definition) is 1. The summed E-state index contributed by atoms with van der Waals surface area (Å²) in [7, 11) is 0. The molecule has 1 amide bonds. The van der Waals surface area contributed by atoms with Crippen LogP contribution in [0.15, 0.2) is 36.4 Å². The van der Waals surface area contributed by atoms with Crippen molar-refractivity contribution >= 4 is 29.0 Å². The molecule has 25 heavy (non-hydrogen) atoms. The van der Waals surface area contributed by atoms with Gasteiger partial charge in [-0.05, 0) is 43.5 Å². The Morgan fingerprint density at radius 1 is 1.16 bits per heavy atom. The molecule has 0 aromatic heterocycles. The lowest BCUT2D eigenvalue weighted by Gasteiger charge is -2.23. The topological polar surface area (TPSA) is 57.6 Å². The molecular formula is C20H20ClNO3. The number of halogens is 1. The first-order chi connectivity index (χ1) is 11.8. The van der Waals surface area contributed by atoms with E-state index in [0.29, 0.717) is 16.3 Å². The zero-order valence-corrected chi connectivity index (χ0v) is 15.2. The zero-order valence-electron chi connectivity index (χ0n) is 14.5. The molecule has 0 unspecified atom stereocenters. The van der Waals surface area contributed by atoms with Crippen LogP contribution in [-0.2, 0) is 21.7 Å². The van der Waals surface area contributed by atoms with Crippen molar-refractivity contribution in [3.8, 4) is 0 Å². The summed E-state index contributed by atoms with van der Waals surface area (Å²) in [5, 5.41) is 11.7. The van der Waals surface area contributed by atoms with Crippen molar-refractivity contribution in [2.75, 3.05) is 4.90 Å². The summed E-state index contributed by atoms with van der Waals surface area (Å²) in [5.41, 5.74) is 1.84. The van der Waals surface area contributed by atoms with E-state index in [1.165, 1.54) is 6.92 Å². The van der Waals surface area contributed by atoms with Gasteiger partial charge in [0.05, 0.1) is 12.2 Å². The average molecular weight is 358 g/mol. The summed E-state index contributed by atoms with van der Waals surface area (Å²) in [6, 6.07) is 11.1. The minimum absolute atomic E-state index is 0.234. The lowest BCUT2D eigenvalue weighted by Crippen LogP contribution is -2.41. The molecular weight excluding hydrogens is 338 g/mol. The van der Waals surface area contributed by atoms with Crippen LogP contribution in [0, 0.1) is 13.8 Å². The number of hydrogen-bond acceptors (Lipinski definition) is 3. The zero-order chi connectivity index (χ0) is 18.4. The Labute approximate surface area is 152 Å². The Morgan fingerprint density at radius 3 is 2.44 bits per heavy atom. The van der Waals surface area contributed by atoms with Crippen molar-refractivity contribution in [1.29, 1.82) is 0 Å². The molecule has 0 bridgehead atoms. The number of ketones is 1.